The predicted octanol–water partition coefficient (Wildman–Crippen LogP) is 3.13. The monoisotopic (exact) mass is 186 g/mol. The van der Waals surface area contributed by atoms with Crippen molar-refractivity contribution in [1.29, 1.82) is 0 Å². The molecule has 1 aliphatic rings. The summed E-state index contributed by atoms with van der Waals surface area (Å²) in [5.41, 5.74) is 1.22. The maximum Gasteiger partial charge on any atom is 0.225 e. The Morgan fingerprint density at radius 1 is 1.75 bits per heavy atom. The quantitative estimate of drug-likeness (QED) is 0.489. The molecule has 68 valence electrons. The number of carbonyl (C=O) groups excluding carboxylic acids is 1. The number of carbonyl (C=O) groups is 1. The average Bonchev–Trinajstić information content (AvgIpc) is 2.34. The van der Waals surface area contributed by atoms with Crippen LogP contribution < -0.4 is 0 Å². The van der Waals surface area contributed by atoms with E-state index in [0.29, 0.717) is 5.92 Å². The van der Waals surface area contributed by atoms with E-state index in [1.54, 1.807) is 0 Å². The summed E-state index contributed by atoms with van der Waals surface area (Å²) < 4.78 is 0. The van der Waals surface area contributed by atoms with Gasteiger partial charge in [0, 0.05) is 5.92 Å². The number of hydrogen-bond acceptors (Lipinski definition) is 1. The second kappa shape index (κ2) is 4.08. The van der Waals surface area contributed by atoms with Crippen LogP contribution in [0.3, 0.4) is 0 Å². The average molecular weight is 187 g/mol. The fraction of sp³-hybridized carbons (Fsp3) is 0.700. The van der Waals surface area contributed by atoms with Crippen molar-refractivity contribution in [2.24, 2.45) is 11.8 Å². The van der Waals surface area contributed by atoms with E-state index >= 15 is 0 Å². The van der Waals surface area contributed by atoms with Crippen LogP contribution in [0.1, 0.15) is 32.6 Å². The zero-order valence-electron chi connectivity index (χ0n) is 7.48. The van der Waals surface area contributed by atoms with E-state index < -0.39 is 0 Å². The first-order valence-electron chi connectivity index (χ1n) is 4.52. The van der Waals surface area contributed by atoms with Gasteiger partial charge in [-0.3, -0.25) is 4.79 Å². The van der Waals surface area contributed by atoms with Gasteiger partial charge in [0.1, 0.15) is 0 Å². The summed E-state index contributed by atoms with van der Waals surface area (Å²) in [6, 6.07) is 0. The Morgan fingerprint density at radius 2 is 2.42 bits per heavy atom. The topological polar surface area (TPSA) is 17.1 Å². The van der Waals surface area contributed by atoms with E-state index in [1.807, 2.05) is 0 Å². The Balaban J connectivity index is 2.50. The molecule has 2 heteroatoms. The number of allylic oxidation sites excluding steroid dienone is 1. The van der Waals surface area contributed by atoms with Crippen LogP contribution in [-0.2, 0) is 4.79 Å². The fourth-order valence-electron chi connectivity index (χ4n) is 1.92. The van der Waals surface area contributed by atoms with Crippen molar-refractivity contribution in [2.75, 3.05) is 0 Å². The molecule has 0 aromatic carbocycles. The van der Waals surface area contributed by atoms with Gasteiger partial charge in [-0.1, -0.05) is 25.5 Å². The van der Waals surface area contributed by atoms with Crippen molar-refractivity contribution in [2.45, 2.75) is 32.6 Å². The summed E-state index contributed by atoms with van der Waals surface area (Å²) in [4.78, 5) is 10.9. The third kappa shape index (κ3) is 2.10. The van der Waals surface area contributed by atoms with Gasteiger partial charge in [-0.15, -0.1) is 0 Å². The summed E-state index contributed by atoms with van der Waals surface area (Å²) >= 11 is 5.43. The highest BCUT2D eigenvalue weighted by molar-refractivity contribution is 6.64. The SMILES string of the molecule is C=C1CC(C(=O)Cl)C[C@@H]1CCC. The van der Waals surface area contributed by atoms with Crippen LogP contribution >= 0.6 is 11.6 Å². The molecule has 0 aliphatic heterocycles. The lowest BCUT2D eigenvalue weighted by Gasteiger charge is -2.07. The minimum absolute atomic E-state index is 0.0516. The highest BCUT2D eigenvalue weighted by atomic mass is 35.5. The summed E-state index contributed by atoms with van der Waals surface area (Å²) in [6.45, 7) is 6.13. The first-order chi connectivity index (χ1) is 5.65. The van der Waals surface area contributed by atoms with Crippen LogP contribution in [0.4, 0.5) is 0 Å². The molecule has 0 heterocycles. The highest BCUT2D eigenvalue weighted by Crippen LogP contribution is 2.38. The lowest BCUT2D eigenvalue weighted by Crippen LogP contribution is -2.03. The normalized spacial score (nSPS) is 29.3. The molecule has 0 aromatic rings. The standard InChI is InChI=1S/C10H15ClO/c1-3-4-8-6-9(10(11)12)5-7(8)2/h8-9H,2-6H2,1H3/t8-,9?/m0/s1. The molecule has 0 bridgehead atoms. The van der Waals surface area contributed by atoms with Crippen molar-refractivity contribution >= 4 is 16.8 Å². The third-order valence-electron chi connectivity index (χ3n) is 2.61. The molecule has 0 spiro atoms. The van der Waals surface area contributed by atoms with Crippen LogP contribution in [-0.4, -0.2) is 5.24 Å². The van der Waals surface area contributed by atoms with Gasteiger partial charge in [0.25, 0.3) is 0 Å². The Morgan fingerprint density at radius 3 is 2.83 bits per heavy atom. The summed E-state index contributed by atoms with van der Waals surface area (Å²) in [6.07, 6.45) is 4.05. The maximum absolute atomic E-state index is 10.9. The van der Waals surface area contributed by atoms with Crippen molar-refractivity contribution in [1.82, 2.24) is 0 Å². The van der Waals surface area contributed by atoms with Gasteiger partial charge in [-0.2, -0.15) is 0 Å². The molecule has 1 saturated carbocycles. The molecule has 1 nitrogen and oxygen atoms in total. The van der Waals surface area contributed by atoms with Crippen molar-refractivity contribution in [3.63, 3.8) is 0 Å². The van der Waals surface area contributed by atoms with E-state index in [-0.39, 0.29) is 11.2 Å². The molecule has 1 rings (SSSR count). The summed E-state index contributed by atoms with van der Waals surface area (Å²) in [5.74, 6) is 0.596. The third-order valence-corrected chi connectivity index (χ3v) is 2.92. The van der Waals surface area contributed by atoms with Gasteiger partial charge in [0.2, 0.25) is 5.24 Å². The Kier molecular flexibility index (Phi) is 3.33. The second-order valence-electron chi connectivity index (χ2n) is 3.58. The van der Waals surface area contributed by atoms with E-state index in [1.165, 1.54) is 5.57 Å². The van der Waals surface area contributed by atoms with Gasteiger partial charge in [0.05, 0.1) is 0 Å². The summed E-state index contributed by atoms with van der Waals surface area (Å²) in [7, 11) is 0. The van der Waals surface area contributed by atoms with Crippen molar-refractivity contribution in [3.05, 3.63) is 12.2 Å². The molecule has 0 aromatic heterocycles. The zero-order valence-corrected chi connectivity index (χ0v) is 8.23. The minimum Gasteiger partial charge on any atom is -0.281 e. The molecule has 2 atom stereocenters. The minimum atomic E-state index is -0.185. The van der Waals surface area contributed by atoms with E-state index in [2.05, 4.69) is 13.5 Å². The molecule has 1 fully saturated rings. The Bertz CT molecular complexity index is 198. The molecule has 0 N–H and O–H groups in total. The van der Waals surface area contributed by atoms with Crippen LogP contribution in [0.15, 0.2) is 12.2 Å². The van der Waals surface area contributed by atoms with E-state index in [9.17, 15) is 4.79 Å². The molecule has 1 aliphatic carbocycles. The van der Waals surface area contributed by atoms with Crippen LogP contribution in [0.2, 0.25) is 0 Å². The first-order valence-corrected chi connectivity index (χ1v) is 4.90. The number of rotatable bonds is 3. The smallest absolute Gasteiger partial charge is 0.225 e. The van der Waals surface area contributed by atoms with Gasteiger partial charge in [-0.05, 0) is 36.8 Å². The van der Waals surface area contributed by atoms with E-state index in [4.69, 9.17) is 11.6 Å². The lowest BCUT2D eigenvalue weighted by molar-refractivity contribution is -0.114. The van der Waals surface area contributed by atoms with Crippen LogP contribution in [0.5, 0.6) is 0 Å². The lowest BCUT2D eigenvalue weighted by atomic mass is 9.98. The molecular formula is C10H15ClO. The number of halogens is 1. The largest absolute Gasteiger partial charge is 0.281 e. The van der Waals surface area contributed by atoms with Gasteiger partial charge in [0.15, 0.2) is 0 Å². The predicted molar refractivity (Wildman–Crippen MR) is 51.1 cm³/mol. The van der Waals surface area contributed by atoms with Gasteiger partial charge in [-0.25, -0.2) is 0 Å². The molecule has 1 unspecified atom stereocenters. The maximum atomic E-state index is 10.9. The second-order valence-corrected chi connectivity index (χ2v) is 3.96. The molecule has 0 amide bonds. The van der Waals surface area contributed by atoms with Gasteiger partial charge < -0.3 is 0 Å². The van der Waals surface area contributed by atoms with E-state index in [0.717, 1.165) is 25.7 Å². The van der Waals surface area contributed by atoms with Crippen LogP contribution in [0, 0.1) is 11.8 Å². The Labute approximate surface area is 78.8 Å². The molecule has 0 radical (unpaired) electrons. The first kappa shape index (κ1) is 9.79. The van der Waals surface area contributed by atoms with Crippen LogP contribution in [0.25, 0.3) is 0 Å². The highest BCUT2D eigenvalue weighted by Gasteiger charge is 2.30. The van der Waals surface area contributed by atoms with Gasteiger partial charge >= 0.3 is 0 Å². The molecule has 0 saturated heterocycles. The molecule has 12 heavy (non-hydrogen) atoms. The summed E-state index contributed by atoms with van der Waals surface area (Å²) in [5, 5.41) is -0.185. The Hall–Kier alpha value is -0.300. The zero-order chi connectivity index (χ0) is 9.14. The van der Waals surface area contributed by atoms with Crippen molar-refractivity contribution in [3.8, 4) is 0 Å². The van der Waals surface area contributed by atoms with Crippen molar-refractivity contribution < 1.29 is 4.79 Å². The molecular weight excluding hydrogens is 172 g/mol. The number of hydrogen-bond donors (Lipinski definition) is 0. The fourth-order valence-corrected chi connectivity index (χ4v) is 2.09.